The quantitative estimate of drug-likeness (QED) is 0.154. The summed E-state index contributed by atoms with van der Waals surface area (Å²) in [6.45, 7) is 6.09. The van der Waals surface area contributed by atoms with Gasteiger partial charge in [-0.3, -0.25) is 19.2 Å². The summed E-state index contributed by atoms with van der Waals surface area (Å²) in [5, 5.41) is 17.6. The third-order valence-corrected chi connectivity index (χ3v) is 13.1. The Balaban J connectivity index is 1.18. The van der Waals surface area contributed by atoms with Crippen LogP contribution in [-0.4, -0.2) is 53.0 Å². The minimum atomic E-state index is -3.32. The van der Waals surface area contributed by atoms with Crippen molar-refractivity contribution in [3.05, 3.63) is 99.8 Å². The normalized spacial score (nSPS) is 23.7. The molecule has 3 aliphatic heterocycles. The van der Waals surface area contributed by atoms with E-state index in [-0.39, 0.29) is 18.4 Å². The molecular formula is C36H39BrFN5O4Si. The molecule has 0 aliphatic carbocycles. The Hall–Kier alpha value is -3.71. The Kier molecular flexibility index (Phi) is 8.63. The number of anilines is 3. The van der Waals surface area contributed by atoms with Crippen LogP contribution in [0.15, 0.2) is 77.4 Å². The topological polar surface area (TPSA) is 101 Å². The lowest BCUT2D eigenvalue weighted by atomic mass is 9.82. The predicted octanol–water partition coefficient (Wildman–Crippen LogP) is 6.60. The van der Waals surface area contributed by atoms with E-state index in [0.717, 1.165) is 44.6 Å². The molecule has 4 heterocycles. The van der Waals surface area contributed by atoms with Crippen LogP contribution in [0, 0.1) is 5.92 Å². The molecule has 0 saturated carbocycles. The molecule has 3 aromatic carbocycles. The summed E-state index contributed by atoms with van der Waals surface area (Å²) in [4.78, 5) is 31.3. The maximum Gasteiger partial charge on any atom is 0.264 e. The second-order valence-corrected chi connectivity index (χ2v) is 18.3. The van der Waals surface area contributed by atoms with E-state index in [9.17, 15) is 14.7 Å². The van der Waals surface area contributed by atoms with Crippen LogP contribution in [0.25, 0.3) is 0 Å². The van der Waals surface area contributed by atoms with Gasteiger partial charge in [0.05, 0.1) is 29.7 Å². The molecule has 0 radical (unpaired) electrons. The number of nitrogens with zero attached hydrogens (tertiary/aromatic N) is 5. The van der Waals surface area contributed by atoms with Crippen molar-refractivity contribution in [3.8, 4) is 0 Å². The van der Waals surface area contributed by atoms with Gasteiger partial charge in [-0.1, -0.05) is 58.4 Å². The number of amides is 2. The number of aliphatic hydroxyl groups is 1. The molecule has 250 valence electrons. The average Bonchev–Trinajstić information content (AvgIpc) is 3.70. The molecule has 1 fully saturated rings. The van der Waals surface area contributed by atoms with Crippen molar-refractivity contribution in [3.63, 3.8) is 0 Å². The summed E-state index contributed by atoms with van der Waals surface area (Å²) in [5.74, 6) is -0.542. The number of rotatable bonds is 9. The fraction of sp³-hybridized carbons (Fsp3) is 0.389. The first-order valence-electron chi connectivity index (χ1n) is 16.5. The fourth-order valence-electron chi connectivity index (χ4n) is 8.03. The van der Waals surface area contributed by atoms with E-state index in [1.807, 2.05) is 67.6 Å². The molecule has 4 atom stereocenters. The van der Waals surface area contributed by atoms with E-state index >= 15 is 4.11 Å². The molecule has 0 unspecified atom stereocenters. The number of aromatic nitrogens is 3. The van der Waals surface area contributed by atoms with Gasteiger partial charge in [-0.05, 0) is 73.5 Å². The summed E-state index contributed by atoms with van der Waals surface area (Å²) in [7, 11) is -3.32. The maximum absolute atomic E-state index is 16.2. The van der Waals surface area contributed by atoms with Crippen molar-refractivity contribution in [1.29, 1.82) is 0 Å². The molecule has 1 spiro atoms. The van der Waals surface area contributed by atoms with Crippen LogP contribution in [0.1, 0.15) is 42.1 Å². The number of aryl methyl sites for hydroxylation is 2. The van der Waals surface area contributed by atoms with E-state index in [2.05, 4.69) is 32.3 Å². The number of hydrogen-bond acceptors (Lipinski definition) is 6. The van der Waals surface area contributed by atoms with Gasteiger partial charge in [-0.25, -0.2) is 0 Å². The molecule has 9 nitrogen and oxygen atoms in total. The lowest BCUT2D eigenvalue weighted by Crippen LogP contribution is -2.45. The predicted molar refractivity (Wildman–Crippen MR) is 187 cm³/mol. The number of para-hydroxylation sites is 1. The number of benzene rings is 3. The highest BCUT2D eigenvalue weighted by Gasteiger charge is 2.66. The van der Waals surface area contributed by atoms with E-state index in [0.29, 0.717) is 38.0 Å². The van der Waals surface area contributed by atoms with Crippen molar-refractivity contribution in [2.45, 2.75) is 76.0 Å². The molecule has 12 heteroatoms. The zero-order valence-electron chi connectivity index (χ0n) is 27.3. The molecule has 1 saturated heterocycles. The highest BCUT2D eigenvalue weighted by atomic mass is 79.9. The van der Waals surface area contributed by atoms with Crippen LogP contribution in [0.2, 0.25) is 18.6 Å². The fourth-order valence-corrected chi connectivity index (χ4v) is 10.9. The maximum atomic E-state index is 16.2. The highest BCUT2D eigenvalue weighted by molar-refractivity contribution is 9.10. The zero-order valence-corrected chi connectivity index (χ0v) is 29.9. The van der Waals surface area contributed by atoms with Crippen molar-refractivity contribution >= 4 is 53.2 Å². The molecule has 7 rings (SSSR count). The minimum Gasteiger partial charge on any atom is -0.396 e. The monoisotopic (exact) mass is 731 g/mol. The largest absolute Gasteiger partial charge is 0.396 e. The van der Waals surface area contributed by atoms with Crippen molar-refractivity contribution < 1.29 is 23.5 Å². The number of ether oxygens (including phenoxy) is 1. The number of hydrogen-bond donors (Lipinski definition) is 1. The third kappa shape index (κ3) is 5.62. The zero-order chi connectivity index (χ0) is 33.8. The second-order valence-electron chi connectivity index (χ2n) is 13.6. The smallest absolute Gasteiger partial charge is 0.264 e. The summed E-state index contributed by atoms with van der Waals surface area (Å²) >= 11 is 3.61. The molecule has 1 N–H and O–H groups in total. The average molecular weight is 733 g/mol. The SMILES string of the molecule is C[C@H]1[C@H]([Si](C)(C)F)[C@@H](CCn2cc(CCO)nn2)O[C@]12C(=O)N(Cc1ccc(N3C(=O)CCc4ccccc43)cc1)c1ccc(Br)cc12. The van der Waals surface area contributed by atoms with Crippen LogP contribution in [-0.2, 0) is 45.9 Å². The van der Waals surface area contributed by atoms with Crippen LogP contribution in [0.3, 0.4) is 0 Å². The lowest BCUT2D eigenvalue weighted by Gasteiger charge is -2.31. The highest BCUT2D eigenvalue weighted by Crippen LogP contribution is 2.60. The summed E-state index contributed by atoms with van der Waals surface area (Å²) in [5.41, 5.74) is 4.16. The van der Waals surface area contributed by atoms with Gasteiger partial charge in [0.25, 0.3) is 5.91 Å². The van der Waals surface area contributed by atoms with Crippen LogP contribution >= 0.6 is 15.9 Å². The van der Waals surface area contributed by atoms with Gasteiger partial charge in [0.1, 0.15) is 0 Å². The van der Waals surface area contributed by atoms with Crippen molar-refractivity contribution in [1.82, 2.24) is 15.0 Å². The molecule has 4 aromatic rings. The van der Waals surface area contributed by atoms with Gasteiger partial charge in [-0.2, -0.15) is 0 Å². The first-order valence-corrected chi connectivity index (χ1v) is 20.2. The number of carbonyl (C=O) groups is 2. The first-order chi connectivity index (χ1) is 23.0. The molecule has 48 heavy (non-hydrogen) atoms. The van der Waals surface area contributed by atoms with Gasteiger partial charge >= 0.3 is 0 Å². The Morgan fingerprint density at radius 2 is 1.83 bits per heavy atom. The number of fused-ring (bicyclic) bond motifs is 3. The third-order valence-electron chi connectivity index (χ3n) is 10.1. The Morgan fingerprint density at radius 3 is 2.58 bits per heavy atom. The summed E-state index contributed by atoms with van der Waals surface area (Å²) < 4.78 is 25.6. The summed E-state index contributed by atoms with van der Waals surface area (Å²) in [6, 6.07) is 21.5. The first kappa shape index (κ1) is 32.8. The number of carbonyl (C=O) groups excluding carboxylic acids is 2. The van der Waals surface area contributed by atoms with Crippen LogP contribution < -0.4 is 9.80 Å². The van der Waals surface area contributed by atoms with Gasteiger partial charge < -0.3 is 18.9 Å². The van der Waals surface area contributed by atoms with E-state index in [4.69, 9.17) is 4.74 Å². The Morgan fingerprint density at radius 1 is 1.06 bits per heavy atom. The standard InChI is InChI=1S/C36H39BrFN5O4Si/c1-23-34(48(2,3)38)32(16-18-41-22-27(17-19-44)39-40-41)47-36(23)29-20-26(37)11-14-31(29)42(35(36)46)21-24-8-12-28(13-9-24)43-30-7-5-4-6-25(30)10-15-33(43)45/h4-9,11-14,20,22-23,32,34,44H,10,15-19,21H2,1-3H3/t23-,32+,34-,36+/m0/s1. The van der Waals surface area contributed by atoms with Gasteiger partial charge in [0, 0.05) is 59.4 Å². The van der Waals surface area contributed by atoms with Gasteiger partial charge in [-0.15, -0.1) is 5.10 Å². The van der Waals surface area contributed by atoms with E-state index < -0.39 is 31.6 Å². The minimum absolute atomic E-state index is 0.0153. The van der Waals surface area contributed by atoms with Crippen molar-refractivity contribution in [2.75, 3.05) is 16.4 Å². The molecule has 2 amide bonds. The van der Waals surface area contributed by atoms with Gasteiger partial charge in [0.15, 0.2) is 5.60 Å². The number of aliphatic hydroxyl groups excluding tert-OH is 1. The Labute approximate surface area is 289 Å². The number of halogens is 2. The summed E-state index contributed by atoms with van der Waals surface area (Å²) in [6.07, 6.45) is 3.35. The molecular weight excluding hydrogens is 693 g/mol. The van der Waals surface area contributed by atoms with Crippen LogP contribution in [0.5, 0.6) is 0 Å². The lowest BCUT2D eigenvalue weighted by molar-refractivity contribution is -0.146. The van der Waals surface area contributed by atoms with Crippen molar-refractivity contribution in [2.24, 2.45) is 5.92 Å². The van der Waals surface area contributed by atoms with Crippen LogP contribution in [0.4, 0.5) is 21.2 Å². The Bertz CT molecular complexity index is 1860. The molecule has 1 aromatic heterocycles. The molecule has 0 bridgehead atoms. The second kappa shape index (κ2) is 12.6. The van der Waals surface area contributed by atoms with E-state index in [1.54, 1.807) is 33.8 Å². The van der Waals surface area contributed by atoms with Gasteiger partial charge in [0.2, 0.25) is 14.3 Å². The van der Waals surface area contributed by atoms with E-state index in [1.165, 1.54) is 0 Å². The molecule has 3 aliphatic rings.